The van der Waals surface area contributed by atoms with Gasteiger partial charge in [-0.25, -0.2) is 9.78 Å². The minimum absolute atomic E-state index is 0.126. The molecule has 2 aromatic rings. The third kappa shape index (κ3) is 3.63. The molecule has 0 aliphatic heterocycles. The van der Waals surface area contributed by atoms with Crippen molar-refractivity contribution >= 4 is 17.0 Å². The Morgan fingerprint density at radius 2 is 1.96 bits per heavy atom. The van der Waals surface area contributed by atoms with Gasteiger partial charge in [0.15, 0.2) is 0 Å². The van der Waals surface area contributed by atoms with Crippen LogP contribution in [0.15, 0.2) is 16.9 Å². The fourth-order valence-corrected chi connectivity index (χ4v) is 2.52. The maximum absolute atomic E-state index is 12.6. The molecule has 0 radical (unpaired) electrons. The van der Waals surface area contributed by atoms with E-state index in [0.717, 1.165) is 11.1 Å². The Kier molecular flexibility index (Phi) is 5.69. The highest BCUT2D eigenvalue weighted by molar-refractivity contribution is 5.89. The lowest BCUT2D eigenvalue weighted by atomic mass is 10.1. The van der Waals surface area contributed by atoms with Crippen LogP contribution in [0.4, 0.5) is 0 Å². The number of hydrogen-bond donors (Lipinski definition) is 2. The summed E-state index contributed by atoms with van der Waals surface area (Å²) in [5, 5.41) is 18.7. The summed E-state index contributed by atoms with van der Waals surface area (Å²) in [5.74, 6) is -0.787. The van der Waals surface area contributed by atoms with Crippen molar-refractivity contribution in [3.8, 4) is 0 Å². The first-order valence-corrected chi connectivity index (χ1v) is 7.78. The summed E-state index contributed by atoms with van der Waals surface area (Å²) < 4.78 is 6.07. The largest absolute Gasteiger partial charge is 0.464 e. The van der Waals surface area contributed by atoms with Crippen molar-refractivity contribution in [2.24, 2.45) is 0 Å². The molecular formula is C17H22N2O5. The maximum Gasteiger partial charge on any atom is 0.362 e. The van der Waals surface area contributed by atoms with E-state index < -0.39 is 17.6 Å². The number of carbonyl (C=O) groups is 1. The van der Waals surface area contributed by atoms with Gasteiger partial charge in [0.1, 0.15) is 0 Å². The predicted octanol–water partition coefficient (Wildman–Crippen LogP) is 0.933. The van der Waals surface area contributed by atoms with Crippen molar-refractivity contribution in [3.05, 3.63) is 39.3 Å². The van der Waals surface area contributed by atoms with E-state index in [1.54, 1.807) is 0 Å². The van der Waals surface area contributed by atoms with Gasteiger partial charge in [-0.3, -0.25) is 4.79 Å². The summed E-state index contributed by atoms with van der Waals surface area (Å²) in [5.41, 5.74) is 2.30. The molecule has 0 amide bonds. The van der Waals surface area contributed by atoms with Gasteiger partial charge >= 0.3 is 5.97 Å². The highest BCUT2D eigenvalue weighted by Gasteiger charge is 2.19. The van der Waals surface area contributed by atoms with E-state index in [1.807, 2.05) is 26.0 Å². The molecule has 2 N–H and O–H groups in total. The van der Waals surface area contributed by atoms with E-state index in [-0.39, 0.29) is 31.7 Å². The first-order chi connectivity index (χ1) is 11.4. The number of benzene rings is 1. The first-order valence-electron chi connectivity index (χ1n) is 7.78. The summed E-state index contributed by atoms with van der Waals surface area (Å²) in [4.78, 5) is 28.6. The van der Waals surface area contributed by atoms with Gasteiger partial charge in [0.2, 0.25) is 5.69 Å². The van der Waals surface area contributed by atoms with Crippen molar-refractivity contribution in [1.29, 1.82) is 0 Å². The molecule has 0 bridgehead atoms. The lowest BCUT2D eigenvalue weighted by Crippen LogP contribution is -2.30. The van der Waals surface area contributed by atoms with Crippen LogP contribution < -0.4 is 5.56 Å². The summed E-state index contributed by atoms with van der Waals surface area (Å²) in [6.45, 7) is 3.94. The molecule has 7 nitrogen and oxygen atoms in total. The minimum atomic E-state index is -0.787. The Morgan fingerprint density at radius 3 is 2.58 bits per heavy atom. The van der Waals surface area contributed by atoms with Crippen LogP contribution in [-0.2, 0) is 11.3 Å². The van der Waals surface area contributed by atoms with Crippen LogP contribution >= 0.6 is 0 Å². The minimum Gasteiger partial charge on any atom is -0.464 e. The number of aromatic nitrogens is 2. The van der Waals surface area contributed by atoms with Crippen LogP contribution in [0.1, 0.15) is 34.5 Å². The summed E-state index contributed by atoms with van der Waals surface area (Å²) in [7, 11) is 1.20. The number of esters is 1. The molecule has 1 unspecified atom stereocenters. The van der Waals surface area contributed by atoms with Gasteiger partial charge in [-0.05, 0) is 49.9 Å². The quantitative estimate of drug-likeness (QED) is 0.762. The second kappa shape index (κ2) is 7.55. The predicted molar refractivity (Wildman–Crippen MR) is 89.1 cm³/mol. The zero-order valence-corrected chi connectivity index (χ0v) is 14.1. The molecule has 0 fully saturated rings. The zero-order valence-electron chi connectivity index (χ0n) is 14.1. The second-order valence-corrected chi connectivity index (χ2v) is 5.79. The Labute approximate surface area is 139 Å². The summed E-state index contributed by atoms with van der Waals surface area (Å²) in [6.07, 6.45) is -0.203. The van der Waals surface area contributed by atoms with Gasteiger partial charge in [0.25, 0.3) is 5.56 Å². The zero-order chi connectivity index (χ0) is 17.9. The molecule has 7 heteroatoms. The molecule has 130 valence electrons. The number of aliphatic hydroxyl groups is 2. The van der Waals surface area contributed by atoms with Crippen molar-refractivity contribution in [2.75, 3.05) is 13.7 Å². The van der Waals surface area contributed by atoms with Gasteiger partial charge in [-0.15, -0.1) is 0 Å². The molecule has 1 aromatic heterocycles. The highest BCUT2D eigenvalue weighted by atomic mass is 16.5. The molecule has 24 heavy (non-hydrogen) atoms. The average molecular weight is 334 g/mol. The molecule has 0 spiro atoms. The van der Waals surface area contributed by atoms with Gasteiger partial charge in [0.05, 0.1) is 24.2 Å². The number of rotatable bonds is 6. The molecule has 0 aliphatic carbocycles. The van der Waals surface area contributed by atoms with Crippen LogP contribution in [0.3, 0.4) is 0 Å². The van der Waals surface area contributed by atoms with Gasteiger partial charge in [-0.1, -0.05) is 0 Å². The number of nitrogens with zero attached hydrogens (tertiary/aromatic N) is 2. The van der Waals surface area contributed by atoms with E-state index in [1.165, 1.54) is 11.7 Å². The number of ether oxygens (including phenoxy) is 1. The molecule has 1 heterocycles. The first kappa shape index (κ1) is 18.1. The number of hydrogen-bond acceptors (Lipinski definition) is 6. The van der Waals surface area contributed by atoms with Crippen molar-refractivity contribution in [2.45, 2.75) is 39.3 Å². The standard InChI is InChI=1S/C17H22N2O5/c1-10-8-13-14(9-11(10)2)19(6-4-12(21)5-7-20)16(22)15(18-13)17(23)24-3/h8-9,12,20-21H,4-7H2,1-3H3. The van der Waals surface area contributed by atoms with Gasteiger partial charge in [-0.2, -0.15) is 0 Å². The smallest absolute Gasteiger partial charge is 0.362 e. The van der Waals surface area contributed by atoms with Crippen LogP contribution in [-0.4, -0.2) is 45.6 Å². The summed E-state index contributed by atoms with van der Waals surface area (Å²) in [6, 6.07) is 3.66. The fourth-order valence-electron chi connectivity index (χ4n) is 2.52. The van der Waals surface area contributed by atoms with Crippen LogP contribution in [0, 0.1) is 13.8 Å². The third-order valence-electron chi connectivity index (χ3n) is 4.09. The number of aliphatic hydroxyl groups excluding tert-OH is 2. The molecule has 0 saturated carbocycles. The summed E-state index contributed by atoms with van der Waals surface area (Å²) >= 11 is 0. The second-order valence-electron chi connectivity index (χ2n) is 5.79. The lowest BCUT2D eigenvalue weighted by molar-refractivity contribution is 0.0591. The van der Waals surface area contributed by atoms with E-state index in [0.29, 0.717) is 11.0 Å². The van der Waals surface area contributed by atoms with E-state index in [4.69, 9.17) is 5.11 Å². The van der Waals surface area contributed by atoms with E-state index in [2.05, 4.69) is 9.72 Å². The van der Waals surface area contributed by atoms with Gasteiger partial charge in [0, 0.05) is 13.2 Å². The highest BCUT2D eigenvalue weighted by Crippen LogP contribution is 2.18. The van der Waals surface area contributed by atoms with Gasteiger partial charge < -0.3 is 19.5 Å². The van der Waals surface area contributed by atoms with Crippen molar-refractivity contribution in [1.82, 2.24) is 9.55 Å². The number of carbonyl (C=O) groups excluding carboxylic acids is 1. The SMILES string of the molecule is COC(=O)c1nc2cc(C)c(C)cc2n(CCC(O)CCO)c1=O. The average Bonchev–Trinajstić information content (AvgIpc) is 2.55. The van der Waals surface area contributed by atoms with E-state index in [9.17, 15) is 14.7 Å². The number of fused-ring (bicyclic) bond motifs is 1. The molecule has 1 atom stereocenters. The topological polar surface area (TPSA) is 102 Å². The normalized spacial score (nSPS) is 12.4. The molecule has 2 rings (SSSR count). The van der Waals surface area contributed by atoms with Crippen molar-refractivity contribution < 1.29 is 19.7 Å². The Balaban J connectivity index is 2.59. The fraction of sp³-hybridized carbons (Fsp3) is 0.471. The molecular weight excluding hydrogens is 312 g/mol. The van der Waals surface area contributed by atoms with Crippen molar-refractivity contribution in [3.63, 3.8) is 0 Å². The Morgan fingerprint density at radius 1 is 1.29 bits per heavy atom. The van der Waals surface area contributed by atoms with Crippen LogP contribution in [0.2, 0.25) is 0 Å². The Hall–Kier alpha value is -2.25. The van der Waals surface area contributed by atoms with E-state index >= 15 is 0 Å². The molecule has 1 aromatic carbocycles. The monoisotopic (exact) mass is 334 g/mol. The Bertz CT molecular complexity index is 813. The molecule has 0 aliphatic rings. The maximum atomic E-state index is 12.6. The number of methoxy groups -OCH3 is 1. The van der Waals surface area contributed by atoms with Crippen LogP contribution in [0.25, 0.3) is 11.0 Å². The van der Waals surface area contributed by atoms with Crippen LogP contribution in [0.5, 0.6) is 0 Å². The molecule has 0 saturated heterocycles. The number of aryl methyl sites for hydroxylation is 3. The lowest BCUT2D eigenvalue weighted by Gasteiger charge is -2.15. The third-order valence-corrected chi connectivity index (χ3v) is 4.09.